The predicted molar refractivity (Wildman–Crippen MR) is 59.0 cm³/mol. The Labute approximate surface area is 89.7 Å². The van der Waals surface area contributed by atoms with Gasteiger partial charge >= 0.3 is 0 Å². The topological polar surface area (TPSA) is 26.5 Å². The zero-order valence-electron chi connectivity index (χ0n) is 9.16. The maximum absolute atomic E-state index is 5.04. The van der Waals surface area contributed by atoms with Crippen molar-refractivity contribution in [1.29, 1.82) is 0 Å². The molecule has 15 heavy (non-hydrogen) atoms. The third kappa shape index (κ3) is 2.02. The van der Waals surface area contributed by atoms with Crippen LogP contribution < -0.4 is 0 Å². The summed E-state index contributed by atoms with van der Waals surface area (Å²) in [6.45, 7) is 2.82. The van der Waals surface area contributed by atoms with Gasteiger partial charge in [0.25, 0.3) is 0 Å². The number of rotatable bonds is 4. The van der Waals surface area contributed by atoms with Crippen LogP contribution in [0, 0.1) is 13.0 Å². The molecule has 0 aliphatic heterocycles. The summed E-state index contributed by atoms with van der Waals surface area (Å²) in [6.07, 6.45) is 3.89. The second-order valence-corrected chi connectivity index (χ2v) is 3.59. The van der Waals surface area contributed by atoms with Crippen LogP contribution in [0.5, 0.6) is 0 Å². The van der Waals surface area contributed by atoms with E-state index in [1.807, 2.05) is 25.3 Å². The molecule has 0 aliphatic rings. The first kappa shape index (κ1) is 10.2. The standard InChI is InChI=1S/C12H15N2O/c1-10-11-6-3-4-8-14(11)12(13-10)7-5-9-15-2/h3,6,8H,5,7,9H2,1-2H3. The van der Waals surface area contributed by atoms with E-state index in [0.717, 1.165) is 31.0 Å². The Hall–Kier alpha value is -1.35. The lowest BCUT2D eigenvalue weighted by Gasteiger charge is -2.00. The van der Waals surface area contributed by atoms with Crippen LogP contribution in [-0.2, 0) is 11.2 Å². The average Bonchev–Trinajstić information content (AvgIpc) is 2.58. The minimum Gasteiger partial charge on any atom is -0.385 e. The zero-order valence-corrected chi connectivity index (χ0v) is 9.16. The van der Waals surface area contributed by atoms with E-state index in [4.69, 9.17) is 4.74 Å². The minimum absolute atomic E-state index is 0.782. The highest BCUT2D eigenvalue weighted by Gasteiger charge is 2.06. The van der Waals surface area contributed by atoms with Gasteiger partial charge in [-0.3, -0.25) is 0 Å². The maximum atomic E-state index is 5.04. The van der Waals surface area contributed by atoms with Gasteiger partial charge < -0.3 is 9.14 Å². The SMILES string of the molecule is COCCCc1nc(C)c2cc[c]cn12. The van der Waals surface area contributed by atoms with Crippen molar-refractivity contribution < 1.29 is 4.74 Å². The minimum atomic E-state index is 0.782. The number of hydrogen-bond donors (Lipinski definition) is 0. The van der Waals surface area contributed by atoms with Gasteiger partial charge in [0.1, 0.15) is 5.82 Å². The van der Waals surface area contributed by atoms with Crippen LogP contribution in [0.15, 0.2) is 18.3 Å². The first-order valence-electron chi connectivity index (χ1n) is 5.15. The van der Waals surface area contributed by atoms with Gasteiger partial charge in [-0.1, -0.05) is 6.07 Å². The smallest absolute Gasteiger partial charge is 0.113 e. The Kier molecular flexibility index (Phi) is 3.02. The quantitative estimate of drug-likeness (QED) is 0.711. The predicted octanol–water partition coefficient (Wildman–Crippen LogP) is 2.02. The molecule has 0 saturated heterocycles. The van der Waals surface area contributed by atoms with E-state index in [0.29, 0.717) is 0 Å². The lowest BCUT2D eigenvalue weighted by molar-refractivity contribution is 0.194. The number of pyridine rings is 1. The number of nitrogens with zero attached hydrogens (tertiary/aromatic N) is 2. The number of ether oxygens (including phenoxy) is 1. The van der Waals surface area contributed by atoms with E-state index >= 15 is 0 Å². The molecule has 3 heteroatoms. The third-order valence-electron chi connectivity index (χ3n) is 2.49. The number of aromatic nitrogens is 2. The fourth-order valence-electron chi connectivity index (χ4n) is 1.76. The zero-order chi connectivity index (χ0) is 10.7. The molecule has 0 unspecified atom stereocenters. The van der Waals surface area contributed by atoms with Crippen LogP contribution in [0.25, 0.3) is 5.52 Å². The molecule has 2 heterocycles. The van der Waals surface area contributed by atoms with Crippen molar-refractivity contribution in [3.63, 3.8) is 0 Å². The van der Waals surface area contributed by atoms with Crippen LogP contribution in [0.1, 0.15) is 17.9 Å². The monoisotopic (exact) mass is 203 g/mol. The van der Waals surface area contributed by atoms with Gasteiger partial charge in [0.2, 0.25) is 0 Å². The van der Waals surface area contributed by atoms with Gasteiger partial charge in [0.05, 0.1) is 11.2 Å². The summed E-state index contributed by atoms with van der Waals surface area (Å²) in [5.41, 5.74) is 2.25. The molecule has 2 aromatic heterocycles. The highest BCUT2D eigenvalue weighted by atomic mass is 16.5. The Morgan fingerprint density at radius 1 is 1.53 bits per heavy atom. The molecule has 79 valence electrons. The third-order valence-corrected chi connectivity index (χ3v) is 2.49. The van der Waals surface area contributed by atoms with E-state index in [1.54, 1.807) is 7.11 Å². The summed E-state index contributed by atoms with van der Waals surface area (Å²) < 4.78 is 7.14. The first-order valence-corrected chi connectivity index (χ1v) is 5.15. The van der Waals surface area contributed by atoms with E-state index < -0.39 is 0 Å². The van der Waals surface area contributed by atoms with Crippen molar-refractivity contribution in [2.24, 2.45) is 0 Å². The summed E-state index contributed by atoms with van der Waals surface area (Å²) in [5, 5.41) is 0. The van der Waals surface area contributed by atoms with Gasteiger partial charge in [-0.05, 0) is 25.5 Å². The molecule has 0 N–H and O–H groups in total. The molecule has 0 amide bonds. The van der Waals surface area contributed by atoms with Gasteiger partial charge in [-0.25, -0.2) is 4.98 Å². The molecule has 0 spiro atoms. The fourth-order valence-corrected chi connectivity index (χ4v) is 1.76. The van der Waals surface area contributed by atoms with Crippen LogP contribution in [0.2, 0.25) is 0 Å². The largest absolute Gasteiger partial charge is 0.385 e. The van der Waals surface area contributed by atoms with Crippen molar-refractivity contribution in [1.82, 2.24) is 9.38 Å². The summed E-state index contributed by atoms with van der Waals surface area (Å²) in [5.74, 6) is 1.09. The van der Waals surface area contributed by atoms with Gasteiger partial charge in [0.15, 0.2) is 0 Å². The average molecular weight is 203 g/mol. The second-order valence-electron chi connectivity index (χ2n) is 3.59. The van der Waals surface area contributed by atoms with Crippen molar-refractivity contribution in [2.45, 2.75) is 19.8 Å². The van der Waals surface area contributed by atoms with Crippen molar-refractivity contribution in [3.05, 3.63) is 35.9 Å². The molecule has 0 saturated carbocycles. The van der Waals surface area contributed by atoms with Crippen molar-refractivity contribution in [3.8, 4) is 0 Å². The maximum Gasteiger partial charge on any atom is 0.113 e. The Bertz CT molecular complexity index is 448. The van der Waals surface area contributed by atoms with Crippen molar-refractivity contribution in [2.75, 3.05) is 13.7 Å². The van der Waals surface area contributed by atoms with Gasteiger partial charge in [-0.15, -0.1) is 0 Å². The number of fused-ring (bicyclic) bond motifs is 1. The van der Waals surface area contributed by atoms with Gasteiger partial charge in [-0.2, -0.15) is 0 Å². The molecule has 2 rings (SSSR count). The summed E-state index contributed by atoms with van der Waals surface area (Å²) in [7, 11) is 1.72. The van der Waals surface area contributed by atoms with Gasteiger partial charge in [0, 0.05) is 26.3 Å². The number of imidazole rings is 1. The number of methoxy groups -OCH3 is 1. The molecule has 0 aliphatic carbocycles. The summed E-state index contributed by atoms with van der Waals surface area (Å²) >= 11 is 0. The van der Waals surface area contributed by atoms with E-state index in [2.05, 4.69) is 15.5 Å². The lowest BCUT2D eigenvalue weighted by atomic mass is 10.3. The molecular formula is C12H15N2O. The molecule has 2 aromatic rings. The molecule has 0 bridgehead atoms. The molecule has 0 aromatic carbocycles. The van der Waals surface area contributed by atoms with E-state index in [-0.39, 0.29) is 0 Å². The fraction of sp³-hybridized carbons (Fsp3) is 0.417. The molecule has 0 fully saturated rings. The second kappa shape index (κ2) is 4.45. The first-order chi connectivity index (χ1) is 7.33. The Balaban J connectivity index is 2.27. The highest BCUT2D eigenvalue weighted by molar-refractivity contribution is 5.52. The molecule has 3 nitrogen and oxygen atoms in total. The van der Waals surface area contributed by atoms with Crippen molar-refractivity contribution >= 4 is 5.52 Å². The molecule has 1 radical (unpaired) electrons. The molecule has 0 atom stereocenters. The summed E-state index contributed by atoms with van der Waals surface area (Å²) in [4.78, 5) is 4.55. The number of hydrogen-bond acceptors (Lipinski definition) is 2. The normalized spacial score (nSPS) is 11.1. The Morgan fingerprint density at radius 3 is 3.20 bits per heavy atom. The highest BCUT2D eigenvalue weighted by Crippen LogP contribution is 2.12. The van der Waals surface area contributed by atoms with Crippen LogP contribution in [0.3, 0.4) is 0 Å². The number of aryl methyl sites for hydroxylation is 2. The molecular weight excluding hydrogens is 188 g/mol. The van der Waals surface area contributed by atoms with E-state index in [1.165, 1.54) is 5.52 Å². The van der Waals surface area contributed by atoms with Crippen LogP contribution >= 0.6 is 0 Å². The van der Waals surface area contributed by atoms with Crippen LogP contribution in [-0.4, -0.2) is 23.1 Å². The lowest BCUT2D eigenvalue weighted by Crippen LogP contribution is -1.97. The Morgan fingerprint density at radius 2 is 2.40 bits per heavy atom. The van der Waals surface area contributed by atoms with E-state index in [9.17, 15) is 0 Å². The summed E-state index contributed by atoms with van der Waals surface area (Å²) in [6, 6.07) is 7.03. The van der Waals surface area contributed by atoms with Crippen LogP contribution in [0.4, 0.5) is 0 Å².